The summed E-state index contributed by atoms with van der Waals surface area (Å²) in [6.07, 6.45) is 2.59. The van der Waals surface area contributed by atoms with E-state index in [1.807, 2.05) is 35.0 Å². The first-order chi connectivity index (χ1) is 12.3. The van der Waals surface area contributed by atoms with Crippen LogP contribution in [-0.2, 0) is 6.54 Å². The SMILES string of the molecule is S=c1[nH]nc(-c2ccccc2)n1NCc1ccc(N2CCCC2)cc1. The van der Waals surface area contributed by atoms with E-state index < -0.39 is 0 Å². The van der Waals surface area contributed by atoms with Gasteiger partial charge in [-0.2, -0.15) is 5.10 Å². The molecule has 128 valence electrons. The van der Waals surface area contributed by atoms with Crippen LogP contribution in [0.15, 0.2) is 54.6 Å². The number of nitrogens with one attached hydrogen (secondary N) is 2. The molecule has 2 heterocycles. The molecule has 0 aliphatic carbocycles. The Kier molecular flexibility index (Phi) is 4.52. The van der Waals surface area contributed by atoms with Gasteiger partial charge in [0.25, 0.3) is 0 Å². The molecule has 1 fully saturated rings. The van der Waals surface area contributed by atoms with Crippen molar-refractivity contribution in [3.05, 3.63) is 64.9 Å². The van der Waals surface area contributed by atoms with Gasteiger partial charge in [0.2, 0.25) is 4.77 Å². The summed E-state index contributed by atoms with van der Waals surface area (Å²) in [5.41, 5.74) is 6.91. The van der Waals surface area contributed by atoms with Crippen molar-refractivity contribution in [1.82, 2.24) is 14.9 Å². The van der Waals surface area contributed by atoms with E-state index in [-0.39, 0.29) is 0 Å². The van der Waals surface area contributed by atoms with E-state index in [0.717, 1.165) is 11.4 Å². The van der Waals surface area contributed by atoms with Crippen molar-refractivity contribution < 1.29 is 0 Å². The monoisotopic (exact) mass is 351 g/mol. The molecule has 2 N–H and O–H groups in total. The second-order valence-corrected chi connectivity index (χ2v) is 6.64. The number of benzene rings is 2. The van der Waals surface area contributed by atoms with Crippen LogP contribution in [0, 0.1) is 4.77 Å². The molecule has 0 atom stereocenters. The van der Waals surface area contributed by atoms with Gasteiger partial charge in [0.05, 0.1) is 6.54 Å². The predicted octanol–water partition coefficient (Wildman–Crippen LogP) is 3.95. The predicted molar refractivity (Wildman–Crippen MR) is 104 cm³/mol. The zero-order valence-corrected chi connectivity index (χ0v) is 14.8. The lowest BCUT2D eigenvalue weighted by molar-refractivity contribution is 0.831. The number of hydrogen-bond acceptors (Lipinski definition) is 4. The summed E-state index contributed by atoms with van der Waals surface area (Å²) in [5, 5.41) is 7.21. The molecule has 0 radical (unpaired) electrons. The Labute approximate surface area is 152 Å². The Morgan fingerprint density at radius 2 is 1.72 bits per heavy atom. The van der Waals surface area contributed by atoms with Crippen molar-refractivity contribution in [2.45, 2.75) is 19.4 Å². The lowest BCUT2D eigenvalue weighted by Crippen LogP contribution is -2.18. The van der Waals surface area contributed by atoms with Crippen LogP contribution in [0.4, 0.5) is 5.69 Å². The molecule has 0 saturated carbocycles. The summed E-state index contributed by atoms with van der Waals surface area (Å²) in [6, 6.07) is 18.8. The Balaban J connectivity index is 1.48. The first kappa shape index (κ1) is 15.9. The molecule has 3 aromatic rings. The molecule has 1 saturated heterocycles. The van der Waals surface area contributed by atoms with Gasteiger partial charge in [-0.3, -0.25) is 0 Å². The van der Waals surface area contributed by atoms with Crippen LogP contribution in [0.2, 0.25) is 0 Å². The molecule has 0 bridgehead atoms. The summed E-state index contributed by atoms with van der Waals surface area (Å²) in [6.45, 7) is 3.03. The van der Waals surface area contributed by atoms with Crippen molar-refractivity contribution in [3.8, 4) is 11.4 Å². The molecule has 5 nitrogen and oxygen atoms in total. The minimum Gasteiger partial charge on any atom is -0.372 e. The van der Waals surface area contributed by atoms with Crippen molar-refractivity contribution in [2.24, 2.45) is 0 Å². The molecule has 0 unspecified atom stereocenters. The standard InChI is InChI=1S/C19H21N5S/c25-19-22-21-18(16-6-2-1-3-7-16)24(19)20-14-15-8-10-17(11-9-15)23-12-4-5-13-23/h1-3,6-11,20H,4-5,12-14H2,(H,22,25). The van der Waals surface area contributed by atoms with Crippen molar-refractivity contribution in [3.63, 3.8) is 0 Å². The molecular weight excluding hydrogens is 330 g/mol. The van der Waals surface area contributed by atoms with Gasteiger partial charge in [-0.25, -0.2) is 9.77 Å². The Morgan fingerprint density at radius 3 is 2.44 bits per heavy atom. The minimum absolute atomic E-state index is 0.563. The first-order valence-electron chi connectivity index (χ1n) is 8.62. The van der Waals surface area contributed by atoms with E-state index in [9.17, 15) is 0 Å². The number of anilines is 1. The lowest BCUT2D eigenvalue weighted by Gasteiger charge is -2.18. The number of aromatic nitrogens is 3. The molecular formula is C19H21N5S. The van der Waals surface area contributed by atoms with E-state index >= 15 is 0 Å². The van der Waals surface area contributed by atoms with Crippen LogP contribution in [0.5, 0.6) is 0 Å². The molecule has 2 aromatic carbocycles. The molecule has 1 aromatic heterocycles. The third-order valence-electron chi connectivity index (χ3n) is 4.55. The van der Waals surface area contributed by atoms with Crippen molar-refractivity contribution in [1.29, 1.82) is 0 Å². The van der Waals surface area contributed by atoms with E-state index in [0.29, 0.717) is 11.3 Å². The summed E-state index contributed by atoms with van der Waals surface area (Å²) in [5.74, 6) is 0.791. The summed E-state index contributed by atoms with van der Waals surface area (Å²) in [4.78, 5) is 2.44. The van der Waals surface area contributed by atoms with Crippen LogP contribution in [0.3, 0.4) is 0 Å². The van der Waals surface area contributed by atoms with Crippen LogP contribution in [0.1, 0.15) is 18.4 Å². The number of aromatic amines is 1. The summed E-state index contributed by atoms with van der Waals surface area (Å²) in [7, 11) is 0. The summed E-state index contributed by atoms with van der Waals surface area (Å²) < 4.78 is 2.39. The smallest absolute Gasteiger partial charge is 0.214 e. The van der Waals surface area contributed by atoms with Gasteiger partial charge < -0.3 is 10.3 Å². The third kappa shape index (κ3) is 3.44. The molecule has 0 spiro atoms. The van der Waals surface area contributed by atoms with E-state index in [1.54, 1.807) is 0 Å². The van der Waals surface area contributed by atoms with Crippen molar-refractivity contribution >= 4 is 17.9 Å². The van der Waals surface area contributed by atoms with Gasteiger partial charge in [-0.1, -0.05) is 42.5 Å². The fraction of sp³-hybridized carbons (Fsp3) is 0.263. The zero-order chi connectivity index (χ0) is 17.1. The fourth-order valence-electron chi connectivity index (χ4n) is 3.19. The number of H-pyrrole nitrogens is 1. The highest BCUT2D eigenvalue weighted by molar-refractivity contribution is 7.71. The molecule has 4 rings (SSSR count). The second-order valence-electron chi connectivity index (χ2n) is 6.25. The Hall–Kier alpha value is -2.60. The minimum atomic E-state index is 0.563. The van der Waals surface area contributed by atoms with E-state index in [1.165, 1.54) is 37.2 Å². The largest absolute Gasteiger partial charge is 0.372 e. The second kappa shape index (κ2) is 7.11. The number of rotatable bonds is 5. The van der Waals surface area contributed by atoms with Gasteiger partial charge in [0, 0.05) is 24.3 Å². The average Bonchev–Trinajstić information content (AvgIpc) is 3.31. The Morgan fingerprint density at radius 1 is 1.00 bits per heavy atom. The maximum Gasteiger partial charge on any atom is 0.214 e. The normalized spacial score (nSPS) is 14.0. The maximum atomic E-state index is 5.36. The van der Waals surface area contributed by atoms with Gasteiger partial charge >= 0.3 is 0 Å². The van der Waals surface area contributed by atoms with Crippen LogP contribution in [-0.4, -0.2) is 28.0 Å². The molecule has 0 amide bonds. The Bertz CT molecular complexity index is 876. The third-order valence-corrected chi connectivity index (χ3v) is 4.83. The van der Waals surface area contributed by atoms with Gasteiger partial charge in [0.15, 0.2) is 5.82 Å². The van der Waals surface area contributed by atoms with Crippen LogP contribution >= 0.6 is 12.2 Å². The molecule has 6 heteroatoms. The van der Waals surface area contributed by atoms with Crippen molar-refractivity contribution in [2.75, 3.05) is 23.4 Å². The number of hydrogen-bond donors (Lipinski definition) is 2. The topological polar surface area (TPSA) is 48.9 Å². The average molecular weight is 351 g/mol. The lowest BCUT2D eigenvalue weighted by atomic mass is 10.2. The van der Waals surface area contributed by atoms with Gasteiger partial charge in [0.1, 0.15) is 0 Å². The maximum absolute atomic E-state index is 5.36. The fourth-order valence-corrected chi connectivity index (χ4v) is 3.39. The van der Waals surface area contributed by atoms with Crippen LogP contribution in [0.25, 0.3) is 11.4 Å². The molecule has 1 aliphatic heterocycles. The van der Waals surface area contributed by atoms with E-state index in [2.05, 4.69) is 44.8 Å². The summed E-state index contributed by atoms with van der Waals surface area (Å²) >= 11 is 5.36. The molecule has 1 aliphatic rings. The quantitative estimate of drug-likeness (QED) is 0.683. The zero-order valence-electron chi connectivity index (χ0n) is 14.0. The van der Waals surface area contributed by atoms with E-state index in [4.69, 9.17) is 12.2 Å². The first-order valence-corrected chi connectivity index (χ1v) is 9.03. The highest BCUT2D eigenvalue weighted by Gasteiger charge is 2.12. The van der Waals surface area contributed by atoms with Gasteiger partial charge in [-0.05, 0) is 42.8 Å². The molecule has 25 heavy (non-hydrogen) atoms. The number of nitrogens with zero attached hydrogens (tertiary/aromatic N) is 3. The highest BCUT2D eigenvalue weighted by atomic mass is 32.1. The van der Waals surface area contributed by atoms with Crippen LogP contribution < -0.4 is 10.3 Å². The van der Waals surface area contributed by atoms with Gasteiger partial charge in [-0.15, -0.1) is 0 Å². The highest BCUT2D eigenvalue weighted by Crippen LogP contribution is 2.21.